The van der Waals surface area contributed by atoms with Gasteiger partial charge >= 0.3 is 0 Å². The van der Waals surface area contributed by atoms with E-state index in [1.165, 1.54) is 0 Å². The molecule has 7 nitrogen and oxygen atoms in total. The van der Waals surface area contributed by atoms with Crippen LogP contribution in [-0.4, -0.2) is 69.8 Å². The van der Waals surface area contributed by atoms with Crippen molar-refractivity contribution in [3.05, 3.63) is 23.8 Å². The summed E-state index contributed by atoms with van der Waals surface area (Å²) in [4.78, 5) is 12.5. The number of nitrogens with one attached hydrogen (secondary N) is 1. The molecule has 0 unspecified atom stereocenters. The summed E-state index contributed by atoms with van der Waals surface area (Å²) in [5, 5.41) is 3.21. The molecule has 0 radical (unpaired) electrons. The first-order valence-corrected chi connectivity index (χ1v) is 16.9. The number of epoxide rings is 1. The van der Waals surface area contributed by atoms with E-state index in [1.54, 1.807) is 0 Å². The fourth-order valence-corrected chi connectivity index (χ4v) is 6.36. The van der Waals surface area contributed by atoms with Crippen LogP contribution in [-0.2, 0) is 28.2 Å². The normalized spacial score (nSPS) is 31.5. The Balaban J connectivity index is 1.33. The van der Waals surface area contributed by atoms with Crippen molar-refractivity contribution in [2.24, 2.45) is 0 Å². The van der Waals surface area contributed by atoms with Crippen LogP contribution in [0.5, 0.6) is 0 Å². The SMILES string of the molecule is CC(/C=C/[C@@H]1C[C@]2(CO2)CC(C)(C)O1)=C\CC1OCC(NC(=O)CC[C@H](C)O[Si](C)(C)C(C)(C)C)CO1. The second-order valence-corrected chi connectivity index (χ2v) is 18.2. The molecule has 3 aliphatic heterocycles. The summed E-state index contributed by atoms with van der Waals surface area (Å²) < 4.78 is 30.0. The fourth-order valence-electron chi connectivity index (χ4n) is 4.88. The van der Waals surface area contributed by atoms with E-state index in [0.717, 1.165) is 25.0 Å². The zero-order valence-corrected chi connectivity index (χ0v) is 25.6. The van der Waals surface area contributed by atoms with E-state index in [0.29, 0.717) is 32.5 Å². The van der Waals surface area contributed by atoms with E-state index < -0.39 is 8.32 Å². The van der Waals surface area contributed by atoms with Crippen LogP contribution >= 0.6 is 0 Å². The molecule has 0 aliphatic carbocycles. The molecular formula is C29H51NO6Si. The molecule has 0 aromatic carbocycles. The lowest BCUT2D eigenvalue weighted by Crippen LogP contribution is -2.47. The van der Waals surface area contributed by atoms with Gasteiger partial charge in [0.2, 0.25) is 5.91 Å². The highest BCUT2D eigenvalue weighted by atomic mass is 28.4. The van der Waals surface area contributed by atoms with Crippen LogP contribution in [0, 0.1) is 0 Å². The monoisotopic (exact) mass is 537 g/mol. The third-order valence-corrected chi connectivity index (χ3v) is 12.6. The first-order valence-electron chi connectivity index (χ1n) is 14.0. The molecule has 3 heterocycles. The van der Waals surface area contributed by atoms with Crippen molar-refractivity contribution in [1.82, 2.24) is 5.32 Å². The van der Waals surface area contributed by atoms with Gasteiger partial charge in [-0.3, -0.25) is 4.79 Å². The summed E-state index contributed by atoms with van der Waals surface area (Å²) >= 11 is 0. The second-order valence-electron chi connectivity index (χ2n) is 13.4. The van der Waals surface area contributed by atoms with Gasteiger partial charge in [0, 0.05) is 31.8 Å². The van der Waals surface area contributed by atoms with Crippen molar-refractivity contribution in [2.45, 2.75) is 134 Å². The summed E-state index contributed by atoms with van der Waals surface area (Å²) in [5.74, 6) is 0.0219. The first-order chi connectivity index (χ1) is 17.1. The van der Waals surface area contributed by atoms with E-state index >= 15 is 0 Å². The van der Waals surface area contributed by atoms with Crippen LogP contribution in [0.1, 0.15) is 80.6 Å². The Morgan fingerprint density at radius 3 is 2.46 bits per heavy atom. The van der Waals surface area contributed by atoms with Gasteiger partial charge in [-0.25, -0.2) is 0 Å². The van der Waals surface area contributed by atoms with Gasteiger partial charge in [0.1, 0.15) is 0 Å². The number of carbonyl (C=O) groups is 1. The lowest BCUT2D eigenvalue weighted by atomic mass is 9.85. The van der Waals surface area contributed by atoms with Crippen molar-refractivity contribution in [2.75, 3.05) is 19.8 Å². The molecule has 3 rings (SSSR count). The highest BCUT2D eigenvalue weighted by Crippen LogP contribution is 2.46. The summed E-state index contributed by atoms with van der Waals surface area (Å²) in [6.07, 6.45) is 9.94. The smallest absolute Gasteiger partial charge is 0.220 e. The van der Waals surface area contributed by atoms with E-state index in [4.69, 9.17) is 23.4 Å². The second kappa shape index (κ2) is 12.0. The van der Waals surface area contributed by atoms with Crippen LogP contribution in [0.2, 0.25) is 18.1 Å². The Morgan fingerprint density at radius 1 is 1.22 bits per heavy atom. The molecule has 0 saturated carbocycles. The van der Waals surface area contributed by atoms with Gasteiger partial charge in [-0.1, -0.05) is 44.6 Å². The number of amides is 1. The minimum absolute atomic E-state index is 0.0219. The van der Waals surface area contributed by atoms with E-state index in [9.17, 15) is 4.79 Å². The molecule has 3 aliphatic rings. The number of hydrogen-bond donors (Lipinski definition) is 1. The average Bonchev–Trinajstić information content (AvgIpc) is 3.51. The zero-order chi connectivity index (χ0) is 27.5. The van der Waals surface area contributed by atoms with Crippen molar-refractivity contribution in [3.63, 3.8) is 0 Å². The Morgan fingerprint density at radius 2 is 1.86 bits per heavy atom. The minimum Gasteiger partial charge on any atom is -0.414 e. The summed E-state index contributed by atoms with van der Waals surface area (Å²) in [6.45, 7) is 21.4. The molecule has 0 aromatic heterocycles. The van der Waals surface area contributed by atoms with Crippen molar-refractivity contribution in [1.29, 1.82) is 0 Å². The molecule has 3 fully saturated rings. The minimum atomic E-state index is -1.82. The molecule has 212 valence electrons. The third kappa shape index (κ3) is 9.58. The molecular weight excluding hydrogens is 486 g/mol. The topological polar surface area (TPSA) is 78.5 Å². The summed E-state index contributed by atoms with van der Waals surface area (Å²) in [7, 11) is -1.82. The Hall–Kier alpha value is -1.03. The van der Waals surface area contributed by atoms with Gasteiger partial charge in [-0.15, -0.1) is 0 Å². The quantitative estimate of drug-likeness (QED) is 0.220. The standard InChI is InChI=1S/C29H51NO6Si/c1-21(10-13-24-16-29(20-34-29)19-28(6,7)35-24)11-15-26-32-17-23(18-33-26)30-25(31)14-12-22(2)36-37(8,9)27(3,4)5/h10-11,13,22-24,26H,12,14-20H2,1-9H3,(H,30,31)/b13-10+,21-11+/t22-,23?,24+,26?,29+/m0/s1. The van der Waals surface area contributed by atoms with Gasteiger partial charge in [0.25, 0.3) is 0 Å². The molecule has 1 amide bonds. The van der Waals surface area contributed by atoms with Crippen LogP contribution in [0.3, 0.4) is 0 Å². The van der Waals surface area contributed by atoms with E-state index in [2.05, 4.69) is 85.1 Å². The van der Waals surface area contributed by atoms with Gasteiger partial charge in [0.15, 0.2) is 14.6 Å². The van der Waals surface area contributed by atoms with Gasteiger partial charge < -0.3 is 28.7 Å². The van der Waals surface area contributed by atoms with Crippen LogP contribution in [0.4, 0.5) is 0 Å². The number of ether oxygens (including phenoxy) is 4. The van der Waals surface area contributed by atoms with Gasteiger partial charge in [-0.05, 0) is 52.2 Å². The number of hydrogen-bond acceptors (Lipinski definition) is 6. The van der Waals surface area contributed by atoms with E-state index in [1.807, 2.05) is 0 Å². The zero-order valence-electron chi connectivity index (χ0n) is 24.6. The highest BCUT2D eigenvalue weighted by Gasteiger charge is 2.53. The van der Waals surface area contributed by atoms with Crippen LogP contribution in [0.25, 0.3) is 0 Å². The molecule has 0 bridgehead atoms. The maximum atomic E-state index is 12.5. The first kappa shape index (κ1) is 30.5. The lowest BCUT2D eigenvalue weighted by molar-refractivity contribution is -0.188. The third-order valence-electron chi connectivity index (χ3n) is 7.96. The molecule has 0 aromatic rings. The number of allylic oxidation sites excluding steroid dienone is 2. The van der Waals surface area contributed by atoms with Gasteiger partial charge in [-0.2, -0.15) is 0 Å². The maximum absolute atomic E-state index is 12.5. The van der Waals surface area contributed by atoms with Crippen LogP contribution in [0.15, 0.2) is 23.8 Å². The van der Waals surface area contributed by atoms with Crippen molar-refractivity contribution >= 4 is 14.2 Å². The molecule has 8 heteroatoms. The largest absolute Gasteiger partial charge is 0.414 e. The Kier molecular flexibility index (Phi) is 9.90. The molecule has 37 heavy (non-hydrogen) atoms. The Labute approximate surface area is 225 Å². The molecule has 3 atom stereocenters. The van der Waals surface area contributed by atoms with E-state index in [-0.39, 0.29) is 46.7 Å². The molecule has 1 spiro atoms. The van der Waals surface area contributed by atoms with Crippen LogP contribution < -0.4 is 5.32 Å². The van der Waals surface area contributed by atoms with Crippen molar-refractivity contribution in [3.8, 4) is 0 Å². The number of carbonyl (C=O) groups excluding carboxylic acids is 1. The predicted molar refractivity (Wildman–Crippen MR) is 149 cm³/mol. The highest BCUT2D eigenvalue weighted by molar-refractivity contribution is 6.74. The molecule has 3 saturated heterocycles. The van der Waals surface area contributed by atoms with Crippen molar-refractivity contribution < 1.29 is 28.2 Å². The average molecular weight is 538 g/mol. The Bertz CT molecular complexity index is 828. The molecule has 1 N–H and O–H groups in total. The van der Waals surface area contributed by atoms with Gasteiger partial charge in [0.05, 0.1) is 43.2 Å². The summed E-state index contributed by atoms with van der Waals surface area (Å²) in [5.41, 5.74) is 1.02. The predicted octanol–water partition coefficient (Wildman–Crippen LogP) is 5.65. The summed E-state index contributed by atoms with van der Waals surface area (Å²) in [6, 6.07) is -0.117. The number of rotatable bonds is 10. The lowest BCUT2D eigenvalue weighted by Gasteiger charge is -2.38. The maximum Gasteiger partial charge on any atom is 0.220 e. The fraction of sp³-hybridized carbons (Fsp3) is 0.828.